The highest BCUT2D eigenvalue weighted by Crippen LogP contribution is 2.31. The molecule has 1 rings (SSSR count). The molecule has 0 saturated heterocycles. The first-order valence-corrected chi connectivity index (χ1v) is 5.81. The number of amides is 1. The van der Waals surface area contributed by atoms with Gasteiger partial charge in [0.25, 0.3) is 5.69 Å². The van der Waals surface area contributed by atoms with Crippen LogP contribution in [0.5, 0.6) is 0 Å². The van der Waals surface area contributed by atoms with Gasteiger partial charge in [0.05, 0.1) is 10.6 Å². The summed E-state index contributed by atoms with van der Waals surface area (Å²) < 4.78 is 0. The van der Waals surface area contributed by atoms with Crippen molar-refractivity contribution in [3.05, 3.63) is 33.3 Å². The van der Waals surface area contributed by atoms with Crippen LogP contribution in [0.4, 0.5) is 11.4 Å². The van der Waals surface area contributed by atoms with Gasteiger partial charge in [0.15, 0.2) is 0 Å². The summed E-state index contributed by atoms with van der Waals surface area (Å²) in [5, 5.41) is 16.1. The highest BCUT2D eigenvalue weighted by atomic mass is 35.5. The van der Waals surface area contributed by atoms with Gasteiger partial charge in [-0.3, -0.25) is 14.9 Å². The zero-order valence-corrected chi connectivity index (χ0v) is 10.7. The monoisotopic (exact) mass is 271 g/mol. The highest BCUT2D eigenvalue weighted by molar-refractivity contribution is 6.35. The van der Waals surface area contributed by atoms with Crippen LogP contribution in [0.25, 0.3) is 0 Å². The largest absolute Gasteiger partial charge is 0.325 e. The Hall–Kier alpha value is -1.66. The van der Waals surface area contributed by atoms with E-state index in [2.05, 4.69) is 10.6 Å². The molecule has 1 aromatic rings. The SMILES string of the molecule is CNCCCC(=O)Nc1cccc([N+](=O)[O-])c1Cl. The molecule has 1 aromatic carbocycles. The molecule has 0 radical (unpaired) electrons. The van der Waals surface area contributed by atoms with Gasteiger partial charge in [0, 0.05) is 12.5 Å². The molecule has 18 heavy (non-hydrogen) atoms. The van der Waals surface area contributed by atoms with Crippen LogP contribution in [-0.2, 0) is 4.79 Å². The standard InChI is InChI=1S/C11H14ClN3O3/c1-13-7-3-6-10(16)14-8-4-2-5-9(11(8)12)15(17)18/h2,4-5,13H,3,6-7H2,1H3,(H,14,16). The first kappa shape index (κ1) is 14.4. The highest BCUT2D eigenvalue weighted by Gasteiger charge is 2.16. The molecule has 2 N–H and O–H groups in total. The van der Waals surface area contributed by atoms with Gasteiger partial charge in [-0.05, 0) is 26.1 Å². The number of nitrogens with zero attached hydrogens (tertiary/aromatic N) is 1. The predicted molar refractivity (Wildman–Crippen MR) is 69.9 cm³/mol. The van der Waals surface area contributed by atoms with Gasteiger partial charge in [0.2, 0.25) is 5.91 Å². The Morgan fingerprint density at radius 1 is 1.50 bits per heavy atom. The summed E-state index contributed by atoms with van der Waals surface area (Å²) in [6.07, 6.45) is 1.02. The van der Waals surface area contributed by atoms with Gasteiger partial charge in [-0.15, -0.1) is 0 Å². The number of anilines is 1. The van der Waals surface area contributed by atoms with Gasteiger partial charge >= 0.3 is 0 Å². The van der Waals surface area contributed by atoms with E-state index in [4.69, 9.17) is 11.6 Å². The third-order valence-corrected chi connectivity index (χ3v) is 2.68. The average molecular weight is 272 g/mol. The Labute approximate surface area is 109 Å². The molecule has 98 valence electrons. The van der Waals surface area contributed by atoms with Gasteiger partial charge in [-0.1, -0.05) is 17.7 Å². The van der Waals surface area contributed by atoms with Crippen LogP contribution in [-0.4, -0.2) is 24.4 Å². The fourth-order valence-corrected chi connectivity index (χ4v) is 1.64. The van der Waals surface area contributed by atoms with E-state index >= 15 is 0 Å². The van der Waals surface area contributed by atoms with Crippen molar-refractivity contribution in [1.82, 2.24) is 5.32 Å². The minimum atomic E-state index is -0.584. The van der Waals surface area contributed by atoms with Gasteiger partial charge in [-0.2, -0.15) is 0 Å². The van der Waals surface area contributed by atoms with Crippen LogP contribution in [0.2, 0.25) is 5.02 Å². The molecule has 0 aliphatic heterocycles. The first-order valence-electron chi connectivity index (χ1n) is 5.43. The minimum Gasteiger partial charge on any atom is -0.325 e. The number of benzene rings is 1. The lowest BCUT2D eigenvalue weighted by atomic mass is 10.2. The molecular weight excluding hydrogens is 258 g/mol. The Bertz CT molecular complexity index is 451. The number of carbonyl (C=O) groups is 1. The van der Waals surface area contributed by atoms with Crippen molar-refractivity contribution in [2.24, 2.45) is 0 Å². The molecule has 6 nitrogen and oxygen atoms in total. The maximum Gasteiger partial charge on any atom is 0.290 e. The van der Waals surface area contributed by atoms with E-state index in [9.17, 15) is 14.9 Å². The van der Waals surface area contributed by atoms with Crippen LogP contribution in [0.15, 0.2) is 18.2 Å². The molecule has 7 heteroatoms. The van der Waals surface area contributed by atoms with Crippen LogP contribution < -0.4 is 10.6 Å². The van der Waals surface area contributed by atoms with Crippen molar-refractivity contribution in [2.75, 3.05) is 18.9 Å². The summed E-state index contributed by atoms with van der Waals surface area (Å²) in [6.45, 7) is 0.732. The van der Waals surface area contributed by atoms with E-state index in [0.29, 0.717) is 12.8 Å². The van der Waals surface area contributed by atoms with Crippen LogP contribution >= 0.6 is 11.6 Å². The third kappa shape index (κ3) is 3.97. The van der Waals surface area contributed by atoms with E-state index in [1.807, 2.05) is 0 Å². The van der Waals surface area contributed by atoms with Crippen LogP contribution in [0.3, 0.4) is 0 Å². The molecule has 0 aliphatic carbocycles. The summed E-state index contributed by atoms with van der Waals surface area (Å²) in [4.78, 5) is 21.6. The van der Waals surface area contributed by atoms with Gasteiger partial charge in [0.1, 0.15) is 5.02 Å². The number of hydrogen-bond acceptors (Lipinski definition) is 4. The fraction of sp³-hybridized carbons (Fsp3) is 0.364. The Balaban J connectivity index is 2.70. The average Bonchev–Trinajstić information content (AvgIpc) is 2.32. The van der Waals surface area contributed by atoms with E-state index in [1.165, 1.54) is 18.2 Å². The number of nitro groups is 1. The van der Waals surface area contributed by atoms with Crippen molar-refractivity contribution < 1.29 is 9.72 Å². The summed E-state index contributed by atoms with van der Waals surface area (Å²) in [5.74, 6) is -0.215. The van der Waals surface area contributed by atoms with Crippen LogP contribution in [0.1, 0.15) is 12.8 Å². The summed E-state index contributed by atoms with van der Waals surface area (Å²) in [6, 6.07) is 4.30. The number of hydrogen-bond donors (Lipinski definition) is 2. The smallest absolute Gasteiger partial charge is 0.290 e. The van der Waals surface area contributed by atoms with Gasteiger partial charge < -0.3 is 10.6 Å². The zero-order chi connectivity index (χ0) is 13.5. The Morgan fingerprint density at radius 3 is 2.83 bits per heavy atom. The second-order valence-corrected chi connectivity index (χ2v) is 4.03. The Kier molecular flexibility index (Phi) is 5.54. The number of carbonyl (C=O) groups excluding carboxylic acids is 1. The van der Waals surface area contributed by atoms with Crippen molar-refractivity contribution in [1.29, 1.82) is 0 Å². The molecular formula is C11H14ClN3O3. The molecule has 0 unspecified atom stereocenters. The van der Waals surface area contributed by atoms with E-state index in [1.54, 1.807) is 7.05 Å². The van der Waals surface area contributed by atoms with Crippen molar-refractivity contribution >= 4 is 28.9 Å². The van der Waals surface area contributed by atoms with Crippen molar-refractivity contribution in [3.63, 3.8) is 0 Å². The summed E-state index contributed by atoms with van der Waals surface area (Å²) in [5.41, 5.74) is 0.0463. The van der Waals surface area contributed by atoms with E-state index in [-0.39, 0.29) is 22.3 Å². The zero-order valence-electron chi connectivity index (χ0n) is 9.90. The number of rotatable bonds is 6. The molecule has 0 spiro atoms. The molecule has 0 aromatic heterocycles. The second kappa shape index (κ2) is 6.93. The minimum absolute atomic E-state index is 0.0514. The topological polar surface area (TPSA) is 84.3 Å². The van der Waals surface area contributed by atoms with Crippen LogP contribution in [0, 0.1) is 10.1 Å². The molecule has 0 fully saturated rings. The molecule has 0 saturated carbocycles. The van der Waals surface area contributed by atoms with E-state index < -0.39 is 4.92 Å². The fourth-order valence-electron chi connectivity index (χ4n) is 1.40. The normalized spacial score (nSPS) is 10.1. The summed E-state index contributed by atoms with van der Waals surface area (Å²) in [7, 11) is 1.80. The number of nitro benzene ring substituents is 1. The second-order valence-electron chi connectivity index (χ2n) is 3.65. The summed E-state index contributed by atoms with van der Waals surface area (Å²) >= 11 is 5.84. The quantitative estimate of drug-likeness (QED) is 0.472. The lowest BCUT2D eigenvalue weighted by molar-refractivity contribution is -0.384. The van der Waals surface area contributed by atoms with Crippen molar-refractivity contribution in [2.45, 2.75) is 12.8 Å². The number of halogens is 1. The molecule has 0 aliphatic rings. The lowest BCUT2D eigenvalue weighted by Crippen LogP contribution is -2.15. The first-order chi connectivity index (χ1) is 8.56. The maximum atomic E-state index is 11.6. The maximum absolute atomic E-state index is 11.6. The van der Waals surface area contributed by atoms with Crippen molar-refractivity contribution in [3.8, 4) is 0 Å². The molecule has 0 bridgehead atoms. The van der Waals surface area contributed by atoms with Gasteiger partial charge in [-0.25, -0.2) is 0 Å². The molecule has 0 heterocycles. The number of nitrogens with one attached hydrogen (secondary N) is 2. The third-order valence-electron chi connectivity index (χ3n) is 2.28. The molecule has 0 atom stereocenters. The lowest BCUT2D eigenvalue weighted by Gasteiger charge is -2.07. The van der Waals surface area contributed by atoms with E-state index in [0.717, 1.165) is 6.54 Å². The predicted octanol–water partition coefficient (Wildman–Crippen LogP) is 2.19. The Morgan fingerprint density at radius 2 is 2.22 bits per heavy atom. The molecule has 1 amide bonds.